The highest BCUT2D eigenvalue weighted by atomic mass is 16.3. The topological polar surface area (TPSA) is 52.7 Å². The van der Waals surface area contributed by atoms with E-state index < -0.39 is 0 Å². The largest absolute Gasteiger partial charge is 0.395 e. The summed E-state index contributed by atoms with van der Waals surface area (Å²) in [7, 11) is 0. The van der Waals surface area contributed by atoms with Gasteiger partial charge in [-0.05, 0) is 57.8 Å². The summed E-state index contributed by atoms with van der Waals surface area (Å²) in [4.78, 5) is 5.03. The molecule has 0 radical (unpaired) electrons. The van der Waals surface area contributed by atoms with Crippen molar-refractivity contribution in [2.75, 3.05) is 45.9 Å². The number of likely N-dealkylation sites (tertiary alicyclic amines) is 2. The van der Waals surface area contributed by atoms with Crippen molar-refractivity contribution in [2.24, 2.45) is 11.7 Å². The molecule has 17 heavy (non-hydrogen) atoms. The van der Waals surface area contributed by atoms with Gasteiger partial charge in [0.2, 0.25) is 0 Å². The molecule has 0 spiro atoms. The monoisotopic (exact) mass is 241 g/mol. The van der Waals surface area contributed by atoms with Gasteiger partial charge in [-0.2, -0.15) is 0 Å². The fourth-order valence-electron chi connectivity index (χ4n) is 3.07. The molecule has 0 saturated carbocycles. The third-order valence-corrected chi connectivity index (χ3v) is 4.15. The maximum Gasteiger partial charge on any atom is 0.0595 e. The summed E-state index contributed by atoms with van der Waals surface area (Å²) >= 11 is 0. The van der Waals surface area contributed by atoms with Crippen LogP contribution >= 0.6 is 0 Å². The van der Waals surface area contributed by atoms with Crippen LogP contribution in [0.2, 0.25) is 0 Å². The zero-order valence-electron chi connectivity index (χ0n) is 10.9. The summed E-state index contributed by atoms with van der Waals surface area (Å²) in [5, 5.41) is 8.95. The average Bonchev–Trinajstić information content (AvgIpc) is 2.84. The molecule has 2 fully saturated rings. The Kier molecular flexibility index (Phi) is 5.22. The fourth-order valence-corrected chi connectivity index (χ4v) is 3.07. The predicted octanol–water partition coefficient (Wildman–Crippen LogP) is 0.114. The highest BCUT2D eigenvalue weighted by Gasteiger charge is 2.23. The van der Waals surface area contributed by atoms with Gasteiger partial charge < -0.3 is 20.6 Å². The van der Waals surface area contributed by atoms with Crippen molar-refractivity contribution in [1.82, 2.24) is 9.80 Å². The standard InChI is InChI=1S/C13H27N3O/c14-13(11-17)10-16-7-3-12(4-8-16)9-15-5-1-2-6-15/h12-13,17H,1-11,14H2. The van der Waals surface area contributed by atoms with E-state index in [0.29, 0.717) is 0 Å². The van der Waals surface area contributed by atoms with Crippen molar-refractivity contribution in [3.63, 3.8) is 0 Å². The molecule has 0 amide bonds. The second-order valence-electron chi connectivity index (χ2n) is 5.69. The molecule has 0 aliphatic carbocycles. The van der Waals surface area contributed by atoms with Crippen molar-refractivity contribution in [3.05, 3.63) is 0 Å². The van der Waals surface area contributed by atoms with E-state index in [0.717, 1.165) is 25.6 Å². The third-order valence-electron chi connectivity index (χ3n) is 4.15. The lowest BCUT2D eigenvalue weighted by Gasteiger charge is -2.34. The molecule has 0 bridgehead atoms. The molecular formula is C13H27N3O. The van der Waals surface area contributed by atoms with Crippen LogP contribution < -0.4 is 5.73 Å². The van der Waals surface area contributed by atoms with Gasteiger partial charge in [0.1, 0.15) is 0 Å². The maximum absolute atomic E-state index is 8.95. The number of rotatable bonds is 5. The first kappa shape index (κ1) is 13.3. The van der Waals surface area contributed by atoms with Gasteiger partial charge in [0.05, 0.1) is 6.61 Å². The summed E-state index contributed by atoms with van der Waals surface area (Å²) in [6, 6.07) is -0.0647. The number of hydrogen-bond donors (Lipinski definition) is 2. The van der Waals surface area contributed by atoms with Gasteiger partial charge in [-0.25, -0.2) is 0 Å². The lowest BCUT2D eigenvalue weighted by molar-refractivity contribution is 0.135. The van der Waals surface area contributed by atoms with E-state index in [1.807, 2.05) is 0 Å². The first-order valence-electron chi connectivity index (χ1n) is 7.09. The molecule has 2 rings (SSSR count). The van der Waals surface area contributed by atoms with Crippen molar-refractivity contribution in [1.29, 1.82) is 0 Å². The molecule has 4 nitrogen and oxygen atoms in total. The molecule has 4 heteroatoms. The second-order valence-corrected chi connectivity index (χ2v) is 5.69. The Morgan fingerprint density at radius 2 is 1.71 bits per heavy atom. The number of aliphatic hydroxyl groups excluding tert-OH is 1. The average molecular weight is 241 g/mol. The highest BCUT2D eigenvalue weighted by molar-refractivity contribution is 4.78. The van der Waals surface area contributed by atoms with Gasteiger partial charge >= 0.3 is 0 Å². The minimum absolute atomic E-state index is 0.0647. The Morgan fingerprint density at radius 3 is 2.29 bits per heavy atom. The minimum atomic E-state index is -0.0647. The van der Waals surface area contributed by atoms with Crippen LogP contribution in [0, 0.1) is 5.92 Å². The normalized spacial score (nSPS) is 26.5. The van der Waals surface area contributed by atoms with Crippen molar-refractivity contribution < 1.29 is 5.11 Å². The number of hydrogen-bond acceptors (Lipinski definition) is 4. The predicted molar refractivity (Wildman–Crippen MR) is 69.9 cm³/mol. The van der Waals surface area contributed by atoms with Gasteiger partial charge in [-0.1, -0.05) is 0 Å². The lowest BCUT2D eigenvalue weighted by atomic mass is 9.96. The number of nitrogens with two attached hydrogens (primary N) is 1. The van der Waals surface area contributed by atoms with Gasteiger partial charge in [-0.3, -0.25) is 0 Å². The Hall–Kier alpha value is -0.160. The first-order valence-corrected chi connectivity index (χ1v) is 7.09. The fraction of sp³-hybridized carbons (Fsp3) is 1.00. The van der Waals surface area contributed by atoms with Gasteiger partial charge in [-0.15, -0.1) is 0 Å². The molecular weight excluding hydrogens is 214 g/mol. The van der Waals surface area contributed by atoms with Crippen LogP contribution in [0.5, 0.6) is 0 Å². The number of piperidine rings is 1. The smallest absolute Gasteiger partial charge is 0.0595 e. The zero-order valence-corrected chi connectivity index (χ0v) is 10.9. The second kappa shape index (κ2) is 6.69. The van der Waals surface area contributed by atoms with Crippen LogP contribution in [0.15, 0.2) is 0 Å². The molecule has 2 saturated heterocycles. The van der Waals surface area contributed by atoms with Gasteiger partial charge in [0.15, 0.2) is 0 Å². The van der Waals surface area contributed by atoms with Crippen LogP contribution in [0.3, 0.4) is 0 Å². The molecule has 0 aromatic carbocycles. The van der Waals surface area contributed by atoms with E-state index in [1.54, 1.807) is 0 Å². The van der Waals surface area contributed by atoms with Crippen LogP contribution in [0.25, 0.3) is 0 Å². The minimum Gasteiger partial charge on any atom is -0.395 e. The van der Waals surface area contributed by atoms with E-state index in [4.69, 9.17) is 10.8 Å². The number of aliphatic hydroxyl groups is 1. The summed E-state index contributed by atoms with van der Waals surface area (Å²) < 4.78 is 0. The van der Waals surface area contributed by atoms with Gasteiger partial charge in [0.25, 0.3) is 0 Å². The highest BCUT2D eigenvalue weighted by Crippen LogP contribution is 2.20. The molecule has 0 aromatic rings. The van der Waals surface area contributed by atoms with E-state index in [2.05, 4.69) is 9.80 Å². The molecule has 2 aliphatic rings. The quantitative estimate of drug-likeness (QED) is 0.717. The molecule has 1 unspecified atom stereocenters. The SMILES string of the molecule is NC(CO)CN1CCC(CN2CCCC2)CC1. The lowest BCUT2D eigenvalue weighted by Crippen LogP contribution is -2.44. The molecule has 1 atom stereocenters. The van der Waals surface area contributed by atoms with E-state index in [-0.39, 0.29) is 12.6 Å². The van der Waals surface area contributed by atoms with Crippen LogP contribution in [-0.2, 0) is 0 Å². The Labute approximate surface area is 105 Å². The summed E-state index contributed by atoms with van der Waals surface area (Å²) in [5.74, 6) is 0.884. The maximum atomic E-state index is 8.95. The molecule has 100 valence electrons. The third kappa shape index (κ3) is 4.21. The molecule has 3 N–H and O–H groups in total. The summed E-state index contributed by atoms with van der Waals surface area (Å²) in [6.45, 7) is 7.21. The van der Waals surface area contributed by atoms with Crippen LogP contribution in [-0.4, -0.2) is 66.8 Å². The number of nitrogens with zero attached hydrogens (tertiary/aromatic N) is 2. The summed E-state index contributed by atoms with van der Waals surface area (Å²) in [6.07, 6.45) is 5.39. The van der Waals surface area contributed by atoms with Crippen LogP contribution in [0.4, 0.5) is 0 Å². The first-order chi connectivity index (χ1) is 8.28. The Morgan fingerprint density at radius 1 is 1.06 bits per heavy atom. The van der Waals surface area contributed by atoms with Crippen LogP contribution in [0.1, 0.15) is 25.7 Å². The van der Waals surface area contributed by atoms with Gasteiger partial charge in [0, 0.05) is 19.1 Å². The van der Waals surface area contributed by atoms with E-state index >= 15 is 0 Å². The Bertz CT molecular complexity index is 211. The molecule has 2 aliphatic heterocycles. The zero-order chi connectivity index (χ0) is 12.1. The van der Waals surface area contributed by atoms with E-state index in [9.17, 15) is 0 Å². The molecule has 2 heterocycles. The molecule has 0 aromatic heterocycles. The van der Waals surface area contributed by atoms with Crippen molar-refractivity contribution in [2.45, 2.75) is 31.7 Å². The summed E-state index contributed by atoms with van der Waals surface area (Å²) in [5.41, 5.74) is 5.77. The van der Waals surface area contributed by atoms with E-state index in [1.165, 1.54) is 45.3 Å². The van der Waals surface area contributed by atoms with Crippen molar-refractivity contribution >= 4 is 0 Å². The van der Waals surface area contributed by atoms with Crippen molar-refractivity contribution in [3.8, 4) is 0 Å². The Balaban J connectivity index is 1.63.